The molecule has 0 unspecified atom stereocenters. The lowest BCUT2D eigenvalue weighted by Crippen LogP contribution is -1.79. The molecule has 0 radical (unpaired) electrons. The number of aromatic nitrogens is 2. The Morgan fingerprint density at radius 2 is 1.00 bits per heavy atom. The zero-order chi connectivity index (χ0) is 18.0. The molecular weight excluding hydrogens is 396 g/mol. The summed E-state index contributed by atoms with van der Waals surface area (Å²) < 4.78 is 1.10. The van der Waals surface area contributed by atoms with Crippen molar-refractivity contribution in [2.24, 2.45) is 0 Å². The van der Waals surface area contributed by atoms with Crippen LogP contribution in [0.4, 0.5) is 0 Å². The molecular formula is C24H15BrN2. The Morgan fingerprint density at radius 3 is 1.70 bits per heavy atom. The Labute approximate surface area is 164 Å². The van der Waals surface area contributed by atoms with Gasteiger partial charge in [0.05, 0.1) is 0 Å². The molecule has 0 amide bonds. The summed E-state index contributed by atoms with van der Waals surface area (Å²) in [4.78, 5) is 7.01. The number of aromatic amines is 2. The van der Waals surface area contributed by atoms with Gasteiger partial charge in [-0.2, -0.15) is 0 Å². The third-order valence-electron chi connectivity index (χ3n) is 5.40. The van der Waals surface area contributed by atoms with Gasteiger partial charge in [0.25, 0.3) is 0 Å². The molecule has 0 aliphatic heterocycles. The van der Waals surface area contributed by atoms with Crippen molar-refractivity contribution >= 4 is 59.5 Å². The second kappa shape index (κ2) is 5.48. The van der Waals surface area contributed by atoms with Gasteiger partial charge in [0, 0.05) is 48.1 Å². The molecule has 6 aromatic rings. The summed E-state index contributed by atoms with van der Waals surface area (Å²) in [6.07, 6.45) is 0. The number of benzene rings is 4. The van der Waals surface area contributed by atoms with E-state index in [1.54, 1.807) is 0 Å². The number of rotatable bonds is 1. The molecule has 0 aliphatic rings. The highest BCUT2D eigenvalue weighted by atomic mass is 79.9. The smallest absolute Gasteiger partial charge is 0.0465 e. The molecule has 4 aromatic carbocycles. The van der Waals surface area contributed by atoms with Crippen LogP contribution in [-0.4, -0.2) is 9.97 Å². The van der Waals surface area contributed by atoms with E-state index < -0.39 is 0 Å². The molecule has 0 bridgehead atoms. The topological polar surface area (TPSA) is 31.6 Å². The first kappa shape index (κ1) is 15.1. The maximum absolute atomic E-state index is 3.59. The predicted octanol–water partition coefficient (Wildman–Crippen LogP) is 7.39. The van der Waals surface area contributed by atoms with Crippen molar-refractivity contribution in [3.05, 3.63) is 83.3 Å². The fraction of sp³-hybridized carbons (Fsp3) is 0. The normalized spacial score (nSPS) is 11.9. The molecule has 2 aromatic heterocycles. The van der Waals surface area contributed by atoms with Gasteiger partial charge in [0.2, 0.25) is 0 Å². The largest absolute Gasteiger partial charge is 0.355 e. The van der Waals surface area contributed by atoms with E-state index in [1.165, 1.54) is 49.2 Å². The maximum atomic E-state index is 3.59. The number of halogens is 1. The monoisotopic (exact) mass is 410 g/mol. The van der Waals surface area contributed by atoms with Crippen molar-refractivity contribution in [2.45, 2.75) is 0 Å². The third kappa shape index (κ3) is 2.25. The average Bonchev–Trinajstić information content (AvgIpc) is 3.25. The van der Waals surface area contributed by atoms with Crippen molar-refractivity contribution in [2.75, 3.05) is 0 Å². The van der Waals surface area contributed by atoms with Crippen molar-refractivity contribution in [3.63, 3.8) is 0 Å². The number of fused-ring (bicyclic) bond motifs is 6. The molecule has 6 rings (SSSR count). The van der Waals surface area contributed by atoms with Crippen LogP contribution in [0, 0.1) is 0 Å². The lowest BCUT2D eigenvalue weighted by atomic mass is 10.0. The van der Waals surface area contributed by atoms with Gasteiger partial charge in [-0.05, 0) is 59.7 Å². The zero-order valence-corrected chi connectivity index (χ0v) is 16.0. The van der Waals surface area contributed by atoms with Crippen molar-refractivity contribution in [1.29, 1.82) is 0 Å². The molecule has 27 heavy (non-hydrogen) atoms. The van der Waals surface area contributed by atoms with E-state index in [-0.39, 0.29) is 0 Å². The van der Waals surface area contributed by atoms with Gasteiger partial charge in [0.15, 0.2) is 0 Å². The molecule has 2 heterocycles. The fourth-order valence-corrected chi connectivity index (χ4v) is 4.44. The molecule has 3 heteroatoms. The first-order chi connectivity index (χ1) is 13.3. The summed E-state index contributed by atoms with van der Waals surface area (Å²) in [6.45, 7) is 0. The van der Waals surface area contributed by atoms with E-state index in [2.05, 4.69) is 105 Å². The van der Waals surface area contributed by atoms with Crippen LogP contribution in [0.2, 0.25) is 0 Å². The van der Waals surface area contributed by atoms with Crippen molar-refractivity contribution < 1.29 is 0 Å². The minimum Gasteiger partial charge on any atom is -0.355 e. The van der Waals surface area contributed by atoms with E-state index in [1.807, 2.05) is 0 Å². The van der Waals surface area contributed by atoms with E-state index in [0.29, 0.717) is 0 Å². The van der Waals surface area contributed by atoms with Gasteiger partial charge in [-0.25, -0.2) is 0 Å². The average molecular weight is 411 g/mol. The minimum absolute atomic E-state index is 1.10. The van der Waals surface area contributed by atoms with Gasteiger partial charge in [0.1, 0.15) is 0 Å². The summed E-state index contributed by atoms with van der Waals surface area (Å²) in [7, 11) is 0. The lowest BCUT2D eigenvalue weighted by molar-refractivity contribution is 1.53. The highest BCUT2D eigenvalue weighted by Gasteiger charge is 2.09. The number of H-pyrrole nitrogens is 2. The second-order valence-electron chi connectivity index (χ2n) is 7.01. The van der Waals surface area contributed by atoms with E-state index in [0.717, 1.165) is 9.99 Å². The Bertz CT molecular complexity index is 1490. The third-order valence-corrected chi connectivity index (χ3v) is 5.89. The van der Waals surface area contributed by atoms with Gasteiger partial charge < -0.3 is 9.97 Å². The summed E-state index contributed by atoms with van der Waals surface area (Å²) in [5.74, 6) is 0. The predicted molar refractivity (Wildman–Crippen MR) is 118 cm³/mol. The van der Waals surface area contributed by atoms with E-state index in [4.69, 9.17) is 0 Å². The maximum Gasteiger partial charge on any atom is 0.0465 e. The van der Waals surface area contributed by atoms with Crippen LogP contribution in [0.1, 0.15) is 0 Å². The number of nitrogens with one attached hydrogen (secondary N) is 2. The standard InChI is InChI=1S/C24H15BrN2/c25-16-7-10-24-20(13-16)19-12-15(6-9-23(19)27-24)14-5-8-22-18(11-14)17-3-1-2-4-21(17)26-22/h1-13,26-27H. The minimum atomic E-state index is 1.10. The van der Waals surface area contributed by atoms with Crippen LogP contribution in [0.15, 0.2) is 83.3 Å². The van der Waals surface area contributed by atoms with Gasteiger partial charge in [-0.15, -0.1) is 0 Å². The SMILES string of the molecule is Brc1ccc2[nH]c3ccc(-c4ccc5[nH]c6ccccc6c5c4)cc3c2c1. The quantitative estimate of drug-likeness (QED) is 0.283. The molecule has 0 aliphatic carbocycles. The number of hydrogen-bond donors (Lipinski definition) is 2. The molecule has 0 saturated carbocycles. The van der Waals surface area contributed by atoms with Crippen LogP contribution in [-0.2, 0) is 0 Å². The van der Waals surface area contributed by atoms with Crippen LogP contribution >= 0.6 is 15.9 Å². The van der Waals surface area contributed by atoms with Crippen LogP contribution in [0.5, 0.6) is 0 Å². The van der Waals surface area contributed by atoms with E-state index in [9.17, 15) is 0 Å². The van der Waals surface area contributed by atoms with Crippen LogP contribution < -0.4 is 0 Å². The Hall–Kier alpha value is -3.04. The molecule has 0 saturated heterocycles. The summed E-state index contributed by atoms with van der Waals surface area (Å²) >= 11 is 3.59. The van der Waals surface area contributed by atoms with Crippen molar-refractivity contribution in [1.82, 2.24) is 9.97 Å². The summed E-state index contributed by atoms with van der Waals surface area (Å²) in [5, 5.41) is 5.04. The van der Waals surface area contributed by atoms with Gasteiger partial charge >= 0.3 is 0 Å². The highest BCUT2D eigenvalue weighted by molar-refractivity contribution is 9.10. The molecule has 2 N–H and O–H groups in total. The summed E-state index contributed by atoms with van der Waals surface area (Å²) in [5.41, 5.74) is 7.16. The van der Waals surface area contributed by atoms with Gasteiger partial charge in [-0.3, -0.25) is 0 Å². The van der Waals surface area contributed by atoms with Gasteiger partial charge in [-0.1, -0.05) is 46.3 Å². The first-order valence-corrected chi connectivity index (χ1v) is 9.77. The van der Waals surface area contributed by atoms with Crippen LogP contribution in [0.3, 0.4) is 0 Å². The molecule has 0 spiro atoms. The molecule has 0 atom stereocenters. The fourth-order valence-electron chi connectivity index (χ4n) is 4.08. The zero-order valence-electron chi connectivity index (χ0n) is 14.4. The molecule has 2 nitrogen and oxygen atoms in total. The Kier molecular flexibility index (Phi) is 3.06. The molecule has 128 valence electrons. The Morgan fingerprint density at radius 1 is 0.481 bits per heavy atom. The number of hydrogen-bond acceptors (Lipinski definition) is 0. The number of para-hydroxylation sites is 1. The highest BCUT2D eigenvalue weighted by Crippen LogP contribution is 2.34. The van der Waals surface area contributed by atoms with E-state index >= 15 is 0 Å². The van der Waals surface area contributed by atoms with Crippen molar-refractivity contribution in [3.8, 4) is 11.1 Å². The summed E-state index contributed by atoms with van der Waals surface area (Å²) in [6, 6.07) is 28.2. The Balaban J connectivity index is 1.61. The lowest BCUT2D eigenvalue weighted by Gasteiger charge is -2.03. The van der Waals surface area contributed by atoms with Crippen LogP contribution in [0.25, 0.3) is 54.7 Å². The first-order valence-electron chi connectivity index (χ1n) is 8.98. The second-order valence-corrected chi connectivity index (χ2v) is 7.92. The molecule has 0 fully saturated rings.